The van der Waals surface area contributed by atoms with E-state index in [-0.39, 0.29) is 23.0 Å². The van der Waals surface area contributed by atoms with Gasteiger partial charge in [-0.1, -0.05) is 0 Å². The van der Waals surface area contributed by atoms with E-state index in [1.54, 1.807) is 6.07 Å². The van der Waals surface area contributed by atoms with Gasteiger partial charge < -0.3 is 19.7 Å². The van der Waals surface area contributed by atoms with Gasteiger partial charge in [0.05, 0.1) is 33.9 Å². The van der Waals surface area contributed by atoms with Gasteiger partial charge in [0.1, 0.15) is 0 Å². The van der Waals surface area contributed by atoms with E-state index < -0.39 is 0 Å². The van der Waals surface area contributed by atoms with Crippen molar-refractivity contribution in [1.29, 1.82) is 0 Å². The van der Waals surface area contributed by atoms with Gasteiger partial charge >= 0.3 is 0 Å². The highest BCUT2D eigenvalue weighted by atomic mass is 16.5. The minimum Gasteiger partial charge on any atom is -0.504 e. The lowest BCUT2D eigenvalue weighted by Crippen LogP contribution is -2.44. The van der Waals surface area contributed by atoms with Crippen molar-refractivity contribution in [3.8, 4) is 23.0 Å². The zero-order valence-electron chi connectivity index (χ0n) is 13.8. The minimum absolute atomic E-state index is 0.0146. The van der Waals surface area contributed by atoms with Gasteiger partial charge in [0.15, 0.2) is 11.4 Å². The van der Waals surface area contributed by atoms with Gasteiger partial charge in [-0.25, -0.2) is 4.90 Å². The molecule has 6 heteroatoms. The molecule has 0 atom stereocenters. The molecule has 0 fully saturated rings. The fraction of sp³-hybridized carbons (Fsp3) is 0.588. The van der Waals surface area contributed by atoms with Gasteiger partial charge in [-0.05, 0) is 19.3 Å². The number of hydrogen-bond acceptors (Lipinski definition) is 5. The average Bonchev–Trinajstić information content (AvgIpc) is 2.81. The second kappa shape index (κ2) is 6.56. The van der Waals surface area contributed by atoms with Crippen molar-refractivity contribution in [1.82, 2.24) is 0 Å². The summed E-state index contributed by atoms with van der Waals surface area (Å²) in [6, 6.07) is 1.57. The molecule has 0 aliphatic carbocycles. The third-order valence-corrected chi connectivity index (χ3v) is 4.68. The second-order valence-electron chi connectivity index (χ2n) is 6.05. The molecule has 0 amide bonds. The molecular weight excluding hydrogens is 296 g/mol. The van der Waals surface area contributed by atoms with Crippen LogP contribution in [0.1, 0.15) is 32.1 Å². The molecule has 2 aliphatic rings. The van der Waals surface area contributed by atoms with Crippen molar-refractivity contribution in [3.63, 3.8) is 0 Å². The predicted molar refractivity (Wildman–Crippen MR) is 88.3 cm³/mol. The number of hydrogen-bond donors (Lipinski definition) is 2. The van der Waals surface area contributed by atoms with Crippen molar-refractivity contribution < 1.29 is 24.3 Å². The molecule has 2 heterocycles. The van der Waals surface area contributed by atoms with E-state index in [4.69, 9.17) is 9.47 Å². The average molecular weight is 321 g/mol. The second-order valence-corrected chi connectivity index (χ2v) is 6.05. The minimum atomic E-state index is -0.0245. The molecule has 2 aliphatic heterocycles. The monoisotopic (exact) mass is 321 g/mol. The Kier molecular flexibility index (Phi) is 4.50. The van der Waals surface area contributed by atoms with Gasteiger partial charge in [-0.15, -0.1) is 0 Å². The maximum absolute atomic E-state index is 10.6. The van der Waals surface area contributed by atoms with E-state index in [0.29, 0.717) is 5.69 Å². The Hall–Kier alpha value is -2.11. The van der Waals surface area contributed by atoms with Crippen LogP contribution in [0.2, 0.25) is 0 Å². The first kappa shape index (κ1) is 15.8. The van der Waals surface area contributed by atoms with Gasteiger partial charge in [-0.3, -0.25) is 4.58 Å². The lowest BCUT2D eigenvalue weighted by atomic mass is 10.1. The molecule has 0 saturated carbocycles. The lowest BCUT2D eigenvalue weighted by molar-refractivity contribution is -0.532. The van der Waals surface area contributed by atoms with Crippen LogP contribution in [0.5, 0.6) is 23.0 Å². The molecule has 2 N–H and O–H groups in total. The fourth-order valence-corrected chi connectivity index (χ4v) is 3.60. The highest BCUT2D eigenvalue weighted by molar-refractivity contribution is 5.97. The summed E-state index contributed by atoms with van der Waals surface area (Å²) in [6.45, 7) is 2.95. The Bertz CT molecular complexity index is 628. The number of aromatic hydroxyl groups is 2. The van der Waals surface area contributed by atoms with Crippen LogP contribution >= 0.6 is 0 Å². The Balaban J connectivity index is 2.08. The van der Waals surface area contributed by atoms with Crippen LogP contribution in [-0.2, 0) is 0 Å². The topological polar surface area (TPSA) is 65.2 Å². The Morgan fingerprint density at radius 3 is 2.48 bits per heavy atom. The first-order valence-electron chi connectivity index (χ1n) is 8.22. The number of rotatable bonds is 3. The number of ether oxygens (including phenoxy) is 2. The van der Waals surface area contributed by atoms with Crippen molar-refractivity contribution in [3.05, 3.63) is 6.07 Å². The van der Waals surface area contributed by atoms with Crippen molar-refractivity contribution >= 4 is 11.5 Å². The zero-order valence-corrected chi connectivity index (χ0v) is 13.8. The molecule has 3 rings (SSSR count). The first-order valence-corrected chi connectivity index (χ1v) is 8.22. The smallest absolute Gasteiger partial charge is 0.252 e. The lowest BCUT2D eigenvalue weighted by Gasteiger charge is -2.27. The van der Waals surface area contributed by atoms with Crippen LogP contribution in [0.15, 0.2) is 6.07 Å². The predicted octanol–water partition coefficient (Wildman–Crippen LogP) is 2.31. The molecule has 0 bridgehead atoms. The Morgan fingerprint density at radius 2 is 1.74 bits per heavy atom. The standard InChI is InChI=1S/C17H24N2O4/c1-22-16-13(20)11-12(15(21)17(16)23-2)19-10-6-9-18-8-5-3-4-7-14(18)19/h11H,3-10H2,1-2H3,(H-,20,21)/p+1. The molecule has 23 heavy (non-hydrogen) atoms. The molecule has 126 valence electrons. The van der Waals surface area contributed by atoms with Crippen LogP contribution in [0.25, 0.3) is 0 Å². The van der Waals surface area contributed by atoms with E-state index in [9.17, 15) is 10.2 Å². The Morgan fingerprint density at radius 1 is 1.00 bits per heavy atom. The maximum Gasteiger partial charge on any atom is 0.252 e. The normalized spacial score (nSPS) is 18.4. The van der Waals surface area contributed by atoms with Gasteiger partial charge in [0.25, 0.3) is 5.84 Å². The summed E-state index contributed by atoms with van der Waals surface area (Å²) < 4.78 is 12.8. The SMILES string of the molecule is COc1c(O)cc(N2CCC[N+]3=C2CCCCC3)c(O)c1OC. The summed E-state index contributed by atoms with van der Waals surface area (Å²) >= 11 is 0. The first-order chi connectivity index (χ1) is 11.2. The third kappa shape index (κ3) is 2.78. The molecule has 0 saturated heterocycles. The van der Waals surface area contributed by atoms with Crippen LogP contribution in [0, 0.1) is 0 Å². The molecular formula is C17H25N2O4+. The molecule has 0 unspecified atom stereocenters. The van der Waals surface area contributed by atoms with Gasteiger partial charge in [0.2, 0.25) is 17.2 Å². The number of nitrogens with zero attached hydrogens (tertiary/aromatic N) is 2. The van der Waals surface area contributed by atoms with Gasteiger partial charge in [-0.2, -0.15) is 0 Å². The molecule has 1 aromatic carbocycles. The van der Waals surface area contributed by atoms with E-state index in [1.165, 1.54) is 32.9 Å². The number of phenolic OH excluding ortho intramolecular Hbond substituents is 2. The van der Waals surface area contributed by atoms with Crippen LogP contribution in [-0.4, -0.2) is 54.5 Å². The van der Waals surface area contributed by atoms with Crippen molar-refractivity contribution in [2.24, 2.45) is 0 Å². The largest absolute Gasteiger partial charge is 0.504 e. The number of amidine groups is 1. The zero-order chi connectivity index (χ0) is 16.4. The number of methoxy groups -OCH3 is 2. The quantitative estimate of drug-likeness (QED) is 0.661. The summed E-state index contributed by atoms with van der Waals surface area (Å²) in [6.07, 6.45) is 5.62. The van der Waals surface area contributed by atoms with Crippen LogP contribution in [0.3, 0.4) is 0 Å². The summed E-state index contributed by atoms with van der Waals surface area (Å²) in [7, 11) is 2.90. The van der Waals surface area contributed by atoms with E-state index in [0.717, 1.165) is 38.9 Å². The molecule has 0 radical (unpaired) electrons. The van der Waals surface area contributed by atoms with Crippen molar-refractivity contribution in [2.45, 2.75) is 32.1 Å². The maximum atomic E-state index is 10.6. The highest BCUT2D eigenvalue weighted by Crippen LogP contribution is 2.49. The fourth-order valence-electron chi connectivity index (χ4n) is 3.60. The number of phenols is 2. The third-order valence-electron chi connectivity index (χ3n) is 4.68. The number of anilines is 1. The summed E-state index contributed by atoms with van der Waals surface area (Å²) in [5, 5.41) is 20.9. The summed E-state index contributed by atoms with van der Waals surface area (Å²) in [5.74, 6) is 1.56. The number of benzene rings is 1. The highest BCUT2D eigenvalue weighted by Gasteiger charge is 2.34. The van der Waals surface area contributed by atoms with E-state index in [2.05, 4.69) is 9.48 Å². The van der Waals surface area contributed by atoms with Crippen molar-refractivity contribution in [2.75, 3.05) is 38.8 Å². The summed E-state index contributed by atoms with van der Waals surface area (Å²) in [4.78, 5) is 2.12. The van der Waals surface area contributed by atoms with Crippen LogP contribution in [0.4, 0.5) is 5.69 Å². The van der Waals surface area contributed by atoms with E-state index in [1.807, 2.05) is 0 Å². The molecule has 1 aromatic rings. The van der Waals surface area contributed by atoms with Gasteiger partial charge in [0, 0.05) is 18.9 Å². The Labute approximate surface area is 136 Å². The molecule has 0 spiro atoms. The molecule has 0 aromatic heterocycles. The summed E-state index contributed by atoms with van der Waals surface area (Å²) in [5.41, 5.74) is 0.585. The molecule has 6 nitrogen and oxygen atoms in total. The van der Waals surface area contributed by atoms with E-state index >= 15 is 0 Å². The van der Waals surface area contributed by atoms with Crippen LogP contribution < -0.4 is 14.4 Å².